The Bertz CT molecular complexity index is 613. The van der Waals surface area contributed by atoms with Gasteiger partial charge in [-0.3, -0.25) is 4.79 Å². The summed E-state index contributed by atoms with van der Waals surface area (Å²) in [7, 11) is 0. The SMILES string of the molecule is CCOc1ccccc1CSc1nc(N)cc(=O)[nH]1. The molecule has 0 aliphatic heterocycles. The van der Waals surface area contributed by atoms with Crippen molar-refractivity contribution >= 4 is 17.6 Å². The minimum atomic E-state index is -0.243. The van der Waals surface area contributed by atoms with Crippen molar-refractivity contribution in [3.05, 3.63) is 46.2 Å². The van der Waals surface area contributed by atoms with Gasteiger partial charge >= 0.3 is 0 Å². The van der Waals surface area contributed by atoms with E-state index in [9.17, 15) is 4.79 Å². The number of hydrogen-bond acceptors (Lipinski definition) is 5. The lowest BCUT2D eigenvalue weighted by atomic mass is 10.2. The normalized spacial score (nSPS) is 10.4. The predicted molar refractivity (Wildman–Crippen MR) is 76.4 cm³/mol. The topological polar surface area (TPSA) is 81.0 Å². The van der Waals surface area contributed by atoms with Gasteiger partial charge in [0.1, 0.15) is 11.6 Å². The molecule has 0 saturated heterocycles. The summed E-state index contributed by atoms with van der Waals surface area (Å²) < 4.78 is 5.54. The van der Waals surface area contributed by atoms with Crippen LogP contribution >= 0.6 is 11.8 Å². The highest BCUT2D eigenvalue weighted by Crippen LogP contribution is 2.25. The van der Waals surface area contributed by atoms with E-state index in [1.165, 1.54) is 17.8 Å². The van der Waals surface area contributed by atoms with E-state index in [1.54, 1.807) is 0 Å². The molecule has 0 atom stereocenters. The number of benzene rings is 1. The molecule has 0 amide bonds. The number of H-pyrrole nitrogens is 1. The zero-order valence-electron chi connectivity index (χ0n) is 10.6. The highest BCUT2D eigenvalue weighted by atomic mass is 32.2. The molecular formula is C13H15N3O2S. The maximum absolute atomic E-state index is 11.3. The summed E-state index contributed by atoms with van der Waals surface area (Å²) in [5.41, 5.74) is 6.35. The van der Waals surface area contributed by atoms with Gasteiger partial charge in [-0.15, -0.1) is 0 Å². The number of para-hydroxylation sites is 1. The summed E-state index contributed by atoms with van der Waals surface area (Å²) in [6.07, 6.45) is 0. The van der Waals surface area contributed by atoms with Gasteiger partial charge in [0.2, 0.25) is 0 Å². The Morgan fingerprint density at radius 2 is 2.21 bits per heavy atom. The number of aromatic amines is 1. The lowest BCUT2D eigenvalue weighted by Gasteiger charge is -2.09. The summed E-state index contributed by atoms with van der Waals surface area (Å²) in [6.45, 7) is 2.57. The number of nitrogens with zero attached hydrogens (tertiary/aromatic N) is 1. The van der Waals surface area contributed by atoms with Crippen LogP contribution in [-0.2, 0) is 5.75 Å². The first-order valence-corrected chi connectivity index (χ1v) is 6.88. The quantitative estimate of drug-likeness (QED) is 0.645. The Morgan fingerprint density at radius 3 is 2.95 bits per heavy atom. The second-order valence-corrected chi connectivity index (χ2v) is 4.77. The monoisotopic (exact) mass is 277 g/mol. The summed E-state index contributed by atoms with van der Waals surface area (Å²) >= 11 is 1.42. The van der Waals surface area contributed by atoms with E-state index >= 15 is 0 Å². The van der Waals surface area contributed by atoms with Gasteiger partial charge in [0.15, 0.2) is 5.16 Å². The Balaban J connectivity index is 2.12. The largest absolute Gasteiger partial charge is 0.494 e. The molecule has 5 nitrogen and oxygen atoms in total. The average Bonchev–Trinajstić information content (AvgIpc) is 2.37. The van der Waals surface area contributed by atoms with E-state index in [1.807, 2.05) is 31.2 Å². The first-order valence-electron chi connectivity index (χ1n) is 5.89. The van der Waals surface area contributed by atoms with Crippen molar-refractivity contribution in [3.8, 4) is 5.75 Å². The maximum atomic E-state index is 11.3. The fourth-order valence-electron chi connectivity index (χ4n) is 1.59. The first-order chi connectivity index (χ1) is 9.19. The van der Waals surface area contributed by atoms with E-state index in [2.05, 4.69) is 9.97 Å². The van der Waals surface area contributed by atoms with E-state index in [4.69, 9.17) is 10.5 Å². The van der Waals surface area contributed by atoms with E-state index in [0.29, 0.717) is 17.5 Å². The minimum absolute atomic E-state index is 0.226. The van der Waals surface area contributed by atoms with Gasteiger partial charge in [-0.05, 0) is 13.0 Å². The van der Waals surface area contributed by atoms with Crippen LogP contribution in [0, 0.1) is 0 Å². The number of ether oxygens (including phenoxy) is 1. The van der Waals surface area contributed by atoms with Crippen molar-refractivity contribution in [1.29, 1.82) is 0 Å². The number of hydrogen-bond donors (Lipinski definition) is 2. The van der Waals surface area contributed by atoms with Crippen LogP contribution in [0.25, 0.3) is 0 Å². The molecule has 0 unspecified atom stereocenters. The van der Waals surface area contributed by atoms with E-state index in [0.717, 1.165) is 11.3 Å². The molecule has 100 valence electrons. The van der Waals surface area contributed by atoms with Crippen molar-refractivity contribution in [1.82, 2.24) is 9.97 Å². The van der Waals surface area contributed by atoms with Gasteiger partial charge < -0.3 is 15.5 Å². The minimum Gasteiger partial charge on any atom is -0.494 e. The Hall–Kier alpha value is -1.95. The summed E-state index contributed by atoms with van der Waals surface area (Å²) in [4.78, 5) is 18.0. The van der Waals surface area contributed by atoms with Crippen molar-refractivity contribution in [2.75, 3.05) is 12.3 Å². The van der Waals surface area contributed by atoms with Crippen LogP contribution in [0.15, 0.2) is 40.3 Å². The number of nitrogen functional groups attached to an aromatic ring is 1. The molecule has 0 radical (unpaired) electrons. The van der Waals surface area contributed by atoms with Crippen LogP contribution < -0.4 is 16.0 Å². The predicted octanol–water partition coefficient (Wildman–Crippen LogP) is 2.04. The third kappa shape index (κ3) is 3.75. The van der Waals surface area contributed by atoms with Gasteiger partial charge in [0, 0.05) is 17.4 Å². The van der Waals surface area contributed by atoms with Gasteiger partial charge in [-0.25, -0.2) is 4.98 Å². The molecule has 0 bridgehead atoms. The summed E-state index contributed by atoms with van der Waals surface area (Å²) in [5.74, 6) is 1.73. The smallest absolute Gasteiger partial charge is 0.253 e. The highest BCUT2D eigenvalue weighted by Gasteiger charge is 2.05. The van der Waals surface area contributed by atoms with Gasteiger partial charge in [-0.2, -0.15) is 0 Å². The standard InChI is InChI=1S/C13H15N3O2S/c1-2-18-10-6-4-3-5-9(10)8-19-13-15-11(14)7-12(17)16-13/h3-7H,2,8H2,1H3,(H3,14,15,16,17). The van der Waals surface area contributed by atoms with Gasteiger partial charge in [-0.1, -0.05) is 30.0 Å². The molecule has 1 heterocycles. The Morgan fingerprint density at radius 1 is 1.42 bits per heavy atom. The molecular weight excluding hydrogens is 262 g/mol. The van der Waals surface area contributed by atoms with Gasteiger partial charge in [0.05, 0.1) is 6.61 Å². The molecule has 0 aliphatic carbocycles. The number of anilines is 1. The van der Waals surface area contributed by atoms with Crippen LogP contribution in [0.1, 0.15) is 12.5 Å². The third-order valence-corrected chi connectivity index (χ3v) is 3.30. The Kier molecular flexibility index (Phi) is 4.46. The van der Waals surface area contributed by atoms with Crippen molar-refractivity contribution < 1.29 is 4.74 Å². The molecule has 6 heteroatoms. The highest BCUT2D eigenvalue weighted by molar-refractivity contribution is 7.98. The van der Waals surface area contributed by atoms with Crippen LogP contribution in [-0.4, -0.2) is 16.6 Å². The molecule has 2 rings (SSSR count). The lowest BCUT2D eigenvalue weighted by molar-refractivity contribution is 0.337. The van der Waals surface area contributed by atoms with E-state index < -0.39 is 0 Å². The van der Waals surface area contributed by atoms with E-state index in [-0.39, 0.29) is 11.4 Å². The number of nitrogens with two attached hydrogens (primary N) is 1. The second kappa shape index (κ2) is 6.29. The fraction of sp³-hybridized carbons (Fsp3) is 0.231. The number of thioether (sulfide) groups is 1. The average molecular weight is 277 g/mol. The fourth-order valence-corrected chi connectivity index (χ4v) is 2.46. The van der Waals surface area contributed by atoms with Crippen LogP contribution in [0.5, 0.6) is 5.75 Å². The second-order valence-electron chi connectivity index (χ2n) is 3.80. The van der Waals surface area contributed by atoms with Crippen molar-refractivity contribution in [3.63, 3.8) is 0 Å². The third-order valence-electron chi connectivity index (χ3n) is 2.38. The van der Waals surface area contributed by atoms with Crippen molar-refractivity contribution in [2.45, 2.75) is 17.8 Å². The zero-order valence-corrected chi connectivity index (χ0v) is 11.4. The molecule has 2 aromatic rings. The number of aromatic nitrogens is 2. The lowest BCUT2D eigenvalue weighted by Crippen LogP contribution is -2.09. The maximum Gasteiger partial charge on any atom is 0.253 e. The summed E-state index contributed by atoms with van der Waals surface area (Å²) in [6, 6.07) is 9.06. The number of rotatable bonds is 5. The Labute approximate surface area is 115 Å². The zero-order chi connectivity index (χ0) is 13.7. The molecule has 1 aromatic heterocycles. The van der Waals surface area contributed by atoms with Crippen molar-refractivity contribution in [2.24, 2.45) is 0 Å². The molecule has 19 heavy (non-hydrogen) atoms. The summed E-state index contributed by atoms with van der Waals surface area (Å²) in [5, 5.41) is 0.510. The first kappa shape index (κ1) is 13.5. The van der Waals surface area contributed by atoms with Crippen LogP contribution in [0.3, 0.4) is 0 Å². The molecule has 0 spiro atoms. The molecule has 1 aromatic carbocycles. The van der Waals surface area contributed by atoms with Crippen LogP contribution in [0.4, 0.5) is 5.82 Å². The molecule has 0 aliphatic rings. The number of nitrogens with one attached hydrogen (secondary N) is 1. The molecule has 3 N–H and O–H groups in total. The van der Waals surface area contributed by atoms with Gasteiger partial charge in [0.25, 0.3) is 5.56 Å². The molecule has 0 fully saturated rings. The molecule has 0 saturated carbocycles. The van der Waals surface area contributed by atoms with Crippen LogP contribution in [0.2, 0.25) is 0 Å².